The van der Waals surface area contributed by atoms with E-state index in [0.29, 0.717) is 5.69 Å². The molecule has 25 heavy (non-hydrogen) atoms. The second kappa shape index (κ2) is 7.74. The van der Waals surface area contributed by atoms with Crippen LogP contribution in [-0.2, 0) is 14.8 Å². The van der Waals surface area contributed by atoms with Crippen molar-refractivity contribution in [3.8, 4) is 0 Å². The number of rotatable bonds is 5. The van der Waals surface area contributed by atoms with Crippen molar-refractivity contribution in [3.63, 3.8) is 0 Å². The Morgan fingerprint density at radius 2 is 1.64 bits per heavy atom. The van der Waals surface area contributed by atoms with E-state index in [-0.39, 0.29) is 21.5 Å². The summed E-state index contributed by atoms with van der Waals surface area (Å²) in [4.78, 5) is 12.0. The Balaban J connectivity index is 2.19. The molecule has 0 saturated heterocycles. The van der Waals surface area contributed by atoms with Crippen molar-refractivity contribution < 1.29 is 13.2 Å². The molecule has 2 rings (SSSR count). The average molecular weight is 401 g/mol. The number of amides is 1. The SMILES string of the molecule is Cc1cccc(NC(=O)CN(C)S(=O)(=O)c2c(Cl)cccc2Cl)c1C. The van der Waals surface area contributed by atoms with Crippen LogP contribution in [-0.4, -0.2) is 32.2 Å². The maximum atomic E-state index is 12.7. The normalized spacial score (nSPS) is 11.6. The van der Waals surface area contributed by atoms with E-state index >= 15 is 0 Å². The first-order chi connectivity index (χ1) is 11.6. The Bertz CT molecular complexity index is 894. The quantitative estimate of drug-likeness (QED) is 0.827. The molecule has 0 heterocycles. The standard InChI is InChI=1S/C17H18Cl2N2O3S/c1-11-6-4-9-15(12(11)2)20-16(22)10-21(3)25(23,24)17-13(18)7-5-8-14(17)19/h4-9H,10H2,1-3H3,(H,20,22). The van der Waals surface area contributed by atoms with Crippen molar-refractivity contribution in [1.82, 2.24) is 4.31 Å². The maximum Gasteiger partial charge on any atom is 0.246 e. The highest BCUT2D eigenvalue weighted by atomic mass is 35.5. The predicted octanol–water partition coefficient (Wildman–Crippen LogP) is 3.87. The lowest BCUT2D eigenvalue weighted by Crippen LogP contribution is -2.35. The molecule has 0 bridgehead atoms. The number of halogens is 2. The van der Waals surface area contributed by atoms with Crippen molar-refractivity contribution in [3.05, 3.63) is 57.6 Å². The third-order valence-electron chi connectivity index (χ3n) is 3.83. The average Bonchev–Trinajstić information content (AvgIpc) is 2.51. The van der Waals surface area contributed by atoms with Gasteiger partial charge in [-0.25, -0.2) is 8.42 Å². The summed E-state index contributed by atoms with van der Waals surface area (Å²) in [5, 5.41) is 2.74. The second-order valence-corrected chi connectivity index (χ2v) is 8.40. The van der Waals surface area contributed by atoms with Crippen molar-refractivity contribution in [2.24, 2.45) is 0 Å². The summed E-state index contributed by atoms with van der Waals surface area (Å²) in [7, 11) is -2.69. The number of hydrogen-bond donors (Lipinski definition) is 1. The Morgan fingerprint density at radius 1 is 1.08 bits per heavy atom. The molecule has 2 aromatic carbocycles. The number of sulfonamides is 1. The topological polar surface area (TPSA) is 66.5 Å². The minimum atomic E-state index is -4.00. The summed E-state index contributed by atoms with van der Waals surface area (Å²) in [5.74, 6) is -0.456. The molecule has 5 nitrogen and oxygen atoms in total. The molecule has 0 aromatic heterocycles. The van der Waals surface area contributed by atoms with Gasteiger partial charge >= 0.3 is 0 Å². The lowest BCUT2D eigenvalue weighted by Gasteiger charge is -2.19. The van der Waals surface area contributed by atoms with Crippen LogP contribution in [0.3, 0.4) is 0 Å². The Kier molecular flexibility index (Phi) is 6.11. The molecule has 1 amide bonds. The van der Waals surface area contributed by atoms with Crippen LogP contribution in [0.5, 0.6) is 0 Å². The molecule has 0 aliphatic rings. The molecule has 0 spiro atoms. The van der Waals surface area contributed by atoms with E-state index in [1.54, 1.807) is 12.1 Å². The van der Waals surface area contributed by atoms with E-state index in [1.165, 1.54) is 19.2 Å². The summed E-state index contributed by atoms with van der Waals surface area (Å²) in [5.41, 5.74) is 2.60. The van der Waals surface area contributed by atoms with Gasteiger partial charge in [0.15, 0.2) is 0 Å². The first-order valence-electron chi connectivity index (χ1n) is 7.41. The van der Waals surface area contributed by atoms with Crippen LogP contribution in [0.4, 0.5) is 5.69 Å². The molecule has 0 fully saturated rings. The number of nitrogens with zero attached hydrogens (tertiary/aromatic N) is 1. The van der Waals surface area contributed by atoms with Gasteiger partial charge in [0.2, 0.25) is 15.9 Å². The minimum Gasteiger partial charge on any atom is -0.325 e. The predicted molar refractivity (Wildman–Crippen MR) is 101 cm³/mol. The summed E-state index contributed by atoms with van der Waals surface area (Å²) >= 11 is 11.9. The molecule has 1 N–H and O–H groups in total. The number of carbonyl (C=O) groups excluding carboxylic acids is 1. The number of aryl methyl sites for hydroxylation is 1. The summed E-state index contributed by atoms with van der Waals surface area (Å²) in [6, 6.07) is 9.94. The highest BCUT2D eigenvalue weighted by Crippen LogP contribution is 2.31. The minimum absolute atomic E-state index is 0.00860. The van der Waals surface area contributed by atoms with E-state index in [9.17, 15) is 13.2 Å². The summed E-state index contributed by atoms with van der Waals surface area (Å²) in [6.07, 6.45) is 0. The maximum absolute atomic E-state index is 12.7. The molecule has 0 radical (unpaired) electrons. The lowest BCUT2D eigenvalue weighted by atomic mass is 10.1. The van der Waals surface area contributed by atoms with E-state index in [1.807, 2.05) is 26.0 Å². The van der Waals surface area contributed by atoms with Crippen LogP contribution >= 0.6 is 23.2 Å². The van der Waals surface area contributed by atoms with Crippen LogP contribution in [0.2, 0.25) is 10.0 Å². The molecule has 0 saturated carbocycles. The fourth-order valence-corrected chi connectivity index (χ4v) is 4.46. The van der Waals surface area contributed by atoms with Gasteiger partial charge in [0.05, 0.1) is 16.6 Å². The van der Waals surface area contributed by atoms with E-state index in [0.717, 1.165) is 15.4 Å². The number of hydrogen-bond acceptors (Lipinski definition) is 3. The number of anilines is 1. The third kappa shape index (κ3) is 4.33. The Morgan fingerprint density at radius 3 is 2.24 bits per heavy atom. The first kappa shape index (κ1) is 19.7. The number of likely N-dealkylation sites (N-methyl/N-ethyl adjacent to an activating group) is 1. The molecule has 0 aliphatic heterocycles. The van der Waals surface area contributed by atoms with Crippen LogP contribution < -0.4 is 5.32 Å². The Labute approximate surface area is 157 Å². The van der Waals surface area contributed by atoms with Crippen molar-refractivity contribution >= 4 is 44.8 Å². The molecule has 134 valence electrons. The molecule has 0 unspecified atom stereocenters. The van der Waals surface area contributed by atoms with Gasteiger partial charge < -0.3 is 5.32 Å². The smallest absolute Gasteiger partial charge is 0.246 e. The van der Waals surface area contributed by atoms with E-state index < -0.39 is 15.9 Å². The van der Waals surface area contributed by atoms with Crippen molar-refractivity contribution in [1.29, 1.82) is 0 Å². The first-order valence-corrected chi connectivity index (χ1v) is 9.60. The second-order valence-electron chi connectivity index (χ2n) is 5.61. The van der Waals surface area contributed by atoms with Crippen LogP contribution in [0.25, 0.3) is 0 Å². The van der Waals surface area contributed by atoms with Gasteiger partial charge in [0, 0.05) is 12.7 Å². The molecular formula is C17H18Cl2N2O3S. The number of nitrogens with one attached hydrogen (secondary N) is 1. The fourth-order valence-electron chi connectivity index (χ4n) is 2.25. The zero-order chi connectivity index (χ0) is 18.8. The van der Waals surface area contributed by atoms with Crippen molar-refractivity contribution in [2.75, 3.05) is 18.9 Å². The van der Waals surface area contributed by atoms with E-state index in [2.05, 4.69) is 5.32 Å². The third-order valence-corrected chi connectivity index (χ3v) is 6.59. The molecule has 8 heteroatoms. The molecule has 0 aliphatic carbocycles. The lowest BCUT2D eigenvalue weighted by molar-refractivity contribution is -0.116. The van der Waals surface area contributed by atoms with Gasteiger partial charge in [-0.2, -0.15) is 4.31 Å². The fraction of sp³-hybridized carbons (Fsp3) is 0.235. The zero-order valence-corrected chi connectivity index (χ0v) is 16.3. The highest BCUT2D eigenvalue weighted by molar-refractivity contribution is 7.89. The summed E-state index contributed by atoms with van der Waals surface area (Å²) < 4.78 is 26.2. The van der Waals surface area contributed by atoms with Gasteiger partial charge in [-0.15, -0.1) is 0 Å². The summed E-state index contributed by atoms with van der Waals surface area (Å²) in [6.45, 7) is 3.45. The largest absolute Gasteiger partial charge is 0.325 e. The van der Waals surface area contributed by atoms with Gasteiger partial charge in [-0.1, -0.05) is 41.4 Å². The van der Waals surface area contributed by atoms with Crippen molar-refractivity contribution in [2.45, 2.75) is 18.7 Å². The van der Waals surface area contributed by atoms with Crippen LogP contribution in [0.1, 0.15) is 11.1 Å². The molecular weight excluding hydrogens is 383 g/mol. The van der Waals surface area contributed by atoms with Gasteiger partial charge in [-0.05, 0) is 43.2 Å². The van der Waals surface area contributed by atoms with Gasteiger partial charge in [-0.3, -0.25) is 4.79 Å². The van der Waals surface area contributed by atoms with Gasteiger partial charge in [0.1, 0.15) is 4.90 Å². The highest BCUT2D eigenvalue weighted by Gasteiger charge is 2.28. The molecule has 0 atom stereocenters. The number of carbonyl (C=O) groups is 1. The zero-order valence-electron chi connectivity index (χ0n) is 14.0. The molecule has 2 aromatic rings. The van der Waals surface area contributed by atoms with Crippen LogP contribution in [0, 0.1) is 13.8 Å². The monoisotopic (exact) mass is 400 g/mol. The van der Waals surface area contributed by atoms with Crippen LogP contribution in [0.15, 0.2) is 41.3 Å². The van der Waals surface area contributed by atoms with Gasteiger partial charge in [0.25, 0.3) is 0 Å². The Hall–Kier alpha value is -1.60. The number of benzene rings is 2. The van der Waals surface area contributed by atoms with E-state index in [4.69, 9.17) is 23.2 Å².